The van der Waals surface area contributed by atoms with Gasteiger partial charge in [-0.05, 0) is 20.8 Å². The molecular formula is C8H16F2N2. The molecule has 0 aliphatic carbocycles. The summed E-state index contributed by atoms with van der Waals surface area (Å²) < 4.78 is 26.5. The van der Waals surface area contributed by atoms with Crippen LogP contribution in [0.1, 0.15) is 20.8 Å². The summed E-state index contributed by atoms with van der Waals surface area (Å²) in [5.41, 5.74) is -0.453. The number of nitrogens with one attached hydrogen (secondary N) is 1. The lowest BCUT2D eigenvalue weighted by Crippen LogP contribution is -2.62. The zero-order valence-electron chi connectivity index (χ0n) is 7.82. The molecule has 0 unspecified atom stereocenters. The first kappa shape index (κ1) is 9.86. The summed E-state index contributed by atoms with van der Waals surface area (Å²) in [5.74, 6) is 0. The van der Waals surface area contributed by atoms with Crippen LogP contribution in [0.5, 0.6) is 0 Å². The van der Waals surface area contributed by atoms with E-state index >= 15 is 0 Å². The van der Waals surface area contributed by atoms with E-state index in [0.717, 1.165) is 0 Å². The molecule has 1 rings (SSSR count). The number of halogens is 2. The lowest BCUT2D eigenvalue weighted by molar-refractivity contribution is -0.190. The van der Waals surface area contributed by atoms with E-state index in [9.17, 15) is 8.78 Å². The van der Waals surface area contributed by atoms with Gasteiger partial charge in [-0.3, -0.25) is 0 Å². The zero-order chi connectivity index (χ0) is 9.41. The molecular weight excluding hydrogens is 162 g/mol. The fraction of sp³-hybridized carbons (Fsp3) is 1.00. The van der Waals surface area contributed by atoms with Gasteiger partial charge in [0.2, 0.25) is 0 Å². The molecule has 0 atom stereocenters. The van der Waals surface area contributed by atoms with Crippen LogP contribution >= 0.6 is 0 Å². The first-order chi connectivity index (χ1) is 5.34. The Labute approximate surface area is 71.9 Å². The molecule has 0 spiro atoms. The largest absolute Gasteiger partial charge is 0.317 e. The van der Waals surface area contributed by atoms with E-state index in [2.05, 4.69) is 5.32 Å². The summed E-state index contributed by atoms with van der Waals surface area (Å²) in [4.78, 5) is 1.25. The minimum Gasteiger partial charge on any atom is -0.309 e. The minimum absolute atomic E-state index is 0.232. The van der Waals surface area contributed by atoms with Crippen LogP contribution in [0.15, 0.2) is 0 Å². The number of nitrogens with zero attached hydrogens (tertiary/aromatic N) is 1. The fourth-order valence-electron chi connectivity index (χ4n) is 1.51. The normalized spacial score (nSPS) is 25.8. The maximum absolute atomic E-state index is 13.2. The van der Waals surface area contributed by atoms with Crippen molar-refractivity contribution in [3.05, 3.63) is 0 Å². The summed E-state index contributed by atoms with van der Waals surface area (Å²) >= 11 is 0. The van der Waals surface area contributed by atoms with Crippen LogP contribution in [0.3, 0.4) is 0 Å². The van der Waals surface area contributed by atoms with Crippen molar-refractivity contribution in [2.75, 3.05) is 19.6 Å². The fourth-order valence-corrected chi connectivity index (χ4v) is 1.51. The van der Waals surface area contributed by atoms with Gasteiger partial charge in [0.1, 0.15) is 0 Å². The van der Waals surface area contributed by atoms with E-state index in [0.29, 0.717) is 13.1 Å². The monoisotopic (exact) mass is 178 g/mol. The van der Waals surface area contributed by atoms with E-state index in [-0.39, 0.29) is 6.54 Å². The summed E-state index contributed by atoms with van der Waals surface area (Å²) in [6, 6.07) is -2.70. The Kier molecular flexibility index (Phi) is 2.40. The number of rotatable bonds is 0. The molecule has 0 aromatic heterocycles. The van der Waals surface area contributed by atoms with E-state index in [1.807, 2.05) is 20.8 Å². The van der Waals surface area contributed by atoms with E-state index in [1.54, 1.807) is 0 Å². The molecule has 1 aliphatic heterocycles. The Morgan fingerprint density at radius 1 is 1.33 bits per heavy atom. The first-order valence-electron chi connectivity index (χ1n) is 4.20. The third-order valence-corrected chi connectivity index (χ3v) is 2.05. The predicted molar refractivity (Wildman–Crippen MR) is 44.3 cm³/mol. The van der Waals surface area contributed by atoms with Crippen LogP contribution in [0.25, 0.3) is 0 Å². The van der Waals surface area contributed by atoms with Crippen LogP contribution in [0, 0.1) is 0 Å². The molecule has 1 fully saturated rings. The molecule has 12 heavy (non-hydrogen) atoms. The summed E-state index contributed by atoms with van der Waals surface area (Å²) in [7, 11) is 0. The summed E-state index contributed by atoms with van der Waals surface area (Å²) in [5, 5.41) is 2.69. The van der Waals surface area contributed by atoms with Gasteiger partial charge in [0.15, 0.2) is 0 Å². The number of hydrogen-bond donors (Lipinski definition) is 1. The van der Waals surface area contributed by atoms with Crippen molar-refractivity contribution < 1.29 is 8.78 Å². The van der Waals surface area contributed by atoms with Gasteiger partial charge >= 0.3 is 6.05 Å². The highest BCUT2D eigenvalue weighted by Gasteiger charge is 2.44. The van der Waals surface area contributed by atoms with Crippen molar-refractivity contribution >= 4 is 0 Å². The van der Waals surface area contributed by atoms with Crippen molar-refractivity contribution in [3.8, 4) is 0 Å². The first-order valence-corrected chi connectivity index (χ1v) is 4.20. The van der Waals surface area contributed by atoms with Gasteiger partial charge in [-0.1, -0.05) is 0 Å². The van der Waals surface area contributed by atoms with Crippen LogP contribution in [-0.2, 0) is 0 Å². The van der Waals surface area contributed by atoms with Crippen LogP contribution < -0.4 is 5.32 Å². The Hall–Kier alpha value is -0.220. The summed E-state index contributed by atoms with van der Waals surface area (Å²) in [6.07, 6.45) is 0. The average Bonchev–Trinajstić information content (AvgIpc) is 1.83. The molecule has 0 amide bonds. The molecule has 0 radical (unpaired) electrons. The Morgan fingerprint density at radius 2 is 1.92 bits per heavy atom. The Bertz CT molecular complexity index is 163. The van der Waals surface area contributed by atoms with Gasteiger partial charge in [0, 0.05) is 18.6 Å². The number of hydrogen-bond acceptors (Lipinski definition) is 2. The molecule has 72 valence electrons. The third-order valence-electron chi connectivity index (χ3n) is 2.05. The highest BCUT2D eigenvalue weighted by molar-refractivity contribution is 4.87. The van der Waals surface area contributed by atoms with Gasteiger partial charge in [0.25, 0.3) is 0 Å². The zero-order valence-corrected chi connectivity index (χ0v) is 7.82. The van der Waals surface area contributed by atoms with Crippen molar-refractivity contribution in [1.29, 1.82) is 0 Å². The van der Waals surface area contributed by atoms with E-state index in [4.69, 9.17) is 0 Å². The maximum Gasteiger partial charge on any atom is 0.317 e. The maximum atomic E-state index is 13.2. The van der Waals surface area contributed by atoms with Crippen LogP contribution in [0.4, 0.5) is 8.78 Å². The molecule has 0 aromatic carbocycles. The topological polar surface area (TPSA) is 15.3 Å². The van der Waals surface area contributed by atoms with Gasteiger partial charge in [0.05, 0.1) is 6.54 Å². The second-order valence-electron chi connectivity index (χ2n) is 4.17. The second kappa shape index (κ2) is 2.92. The van der Waals surface area contributed by atoms with Gasteiger partial charge in [-0.15, -0.1) is 0 Å². The smallest absolute Gasteiger partial charge is 0.309 e. The van der Waals surface area contributed by atoms with Crippen LogP contribution in [-0.4, -0.2) is 36.1 Å². The number of alkyl halides is 2. The van der Waals surface area contributed by atoms with Gasteiger partial charge in [-0.2, -0.15) is 8.78 Å². The lowest BCUT2D eigenvalue weighted by Gasteiger charge is -2.44. The molecule has 4 heteroatoms. The van der Waals surface area contributed by atoms with E-state index < -0.39 is 11.6 Å². The number of piperazine rings is 1. The van der Waals surface area contributed by atoms with E-state index in [1.165, 1.54) is 4.90 Å². The standard InChI is InChI=1S/C8H16F2N2/c1-7(2,3)12-5-4-11-6-8(12,9)10/h11H,4-6H2,1-3H3. The quantitative estimate of drug-likeness (QED) is 0.562. The highest BCUT2D eigenvalue weighted by Crippen LogP contribution is 2.28. The Morgan fingerprint density at radius 3 is 2.25 bits per heavy atom. The lowest BCUT2D eigenvalue weighted by atomic mass is 10.0. The average molecular weight is 178 g/mol. The predicted octanol–water partition coefficient (Wildman–Crippen LogP) is 1.28. The third kappa shape index (κ3) is 1.93. The molecule has 0 saturated carbocycles. The van der Waals surface area contributed by atoms with Crippen molar-refractivity contribution in [2.45, 2.75) is 32.4 Å². The molecule has 1 aliphatic rings. The van der Waals surface area contributed by atoms with Crippen molar-refractivity contribution in [1.82, 2.24) is 10.2 Å². The second-order valence-corrected chi connectivity index (χ2v) is 4.17. The molecule has 0 bridgehead atoms. The van der Waals surface area contributed by atoms with Crippen molar-refractivity contribution in [2.24, 2.45) is 0 Å². The molecule has 1 heterocycles. The van der Waals surface area contributed by atoms with Gasteiger partial charge < -0.3 is 5.32 Å². The molecule has 2 nitrogen and oxygen atoms in total. The molecule has 1 saturated heterocycles. The molecule has 0 aromatic rings. The minimum atomic E-state index is -2.70. The SMILES string of the molecule is CC(C)(C)N1CCNCC1(F)F. The summed E-state index contributed by atoms with van der Waals surface area (Å²) in [6.45, 7) is 6.26. The van der Waals surface area contributed by atoms with Crippen LogP contribution in [0.2, 0.25) is 0 Å². The Balaban J connectivity index is 2.73. The highest BCUT2D eigenvalue weighted by atomic mass is 19.3. The van der Waals surface area contributed by atoms with Crippen molar-refractivity contribution in [3.63, 3.8) is 0 Å². The molecule has 1 N–H and O–H groups in total. The van der Waals surface area contributed by atoms with Gasteiger partial charge in [-0.25, -0.2) is 4.90 Å².